The van der Waals surface area contributed by atoms with Crippen molar-refractivity contribution >= 4 is 34.0 Å². The van der Waals surface area contributed by atoms with E-state index in [1.165, 1.54) is 17.5 Å². The minimum atomic E-state index is -0.255. The molecule has 8 heteroatoms. The first-order valence-electron chi connectivity index (χ1n) is 7.02. The normalized spacial score (nSPS) is 10.7. The molecule has 2 heterocycles. The number of benzene rings is 1. The number of nitrogens with zero attached hydrogens (tertiary/aromatic N) is 4. The summed E-state index contributed by atoms with van der Waals surface area (Å²) in [5.41, 5.74) is 2.02. The Morgan fingerprint density at radius 2 is 2.22 bits per heavy atom. The highest BCUT2D eigenvalue weighted by molar-refractivity contribution is 7.15. The highest BCUT2D eigenvalue weighted by Gasteiger charge is 2.17. The van der Waals surface area contributed by atoms with Gasteiger partial charge in [0.1, 0.15) is 5.01 Å². The standard InChI is InChI=1S/C15H14ClN5OS/c1-3-13-19-20-15(23-13)18-14(22)12-8-17-21(9(12)2)11-6-4-5-10(16)7-11/h4-8H,3H2,1-2H3,(H,18,20,22). The van der Waals surface area contributed by atoms with E-state index >= 15 is 0 Å². The van der Waals surface area contributed by atoms with Crippen LogP contribution < -0.4 is 5.32 Å². The van der Waals surface area contributed by atoms with Crippen LogP contribution >= 0.6 is 22.9 Å². The van der Waals surface area contributed by atoms with Gasteiger partial charge >= 0.3 is 0 Å². The van der Waals surface area contributed by atoms with Crippen LogP contribution in [0.3, 0.4) is 0 Å². The molecule has 1 aromatic carbocycles. The number of aromatic nitrogens is 4. The van der Waals surface area contributed by atoms with E-state index in [0.29, 0.717) is 15.7 Å². The summed E-state index contributed by atoms with van der Waals surface area (Å²) in [6, 6.07) is 7.30. The van der Waals surface area contributed by atoms with Crippen LogP contribution in [0.15, 0.2) is 30.5 Å². The fraction of sp³-hybridized carbons (Fsp3) is 0.200. The molecule has 0 spiro atoms. The average molecular weight is 348 g/mol. The molecular weight excluding hydrogens is 334 g/mol. The maximum atomic E-state index is 12.4. The second kappa shape index (κ2) is 6.47. The lowest BCUT2D eigenvalue weighted by Gasteiger charge is -2.05. The van der Waals surface area contributed by atoms with E-state index in [-0.39, 0.29) is 5.91 Å². The summed E-state index contributed by atoms with van der Waals surface area (Å²) in [5.74, 6) is -0.255. The third kappa shape index (κ3) is 3.25. The van der Waals surface area contributed by atoms with Gasteiger partial charge in [-0.2, -0.15) is 5.10 Å². The van der Waals surface area contributed by atoms with E-state index in [1.807, 2.05) is 26.0 Å². The molecule has 0 aliphatic heterocycles. The molecule has 1 amide bonds. The fourth-order valence-electron chi connectivity index (χ4n) is 2.11. The molecule has 118 valence electrons. The van der Waals surface area contributed by atoms with Gasteiger partial charge in [-0.1, -0.05) is 35.9 Å². The number of hydrogen-bond acceptors (Lipinski definition) is 5. The van der Waals surface area contributed by atoms with E-state index in [9.17, 15) is 4.79 Å². The molecule has 3 aromatic rings. The van der Waals surface area contributed by atoms with Crippen molar-refractivity contribution in [3.05, 3.63) is 51.7 Å². The van der Waals surface area contributed by atoms with Crippen molar-refractivity contribution in [2.75, 3.05) is 5.32 Å². The van der Waals surface area contributed by atoms with Gasteiger partial charge in [-0.25, -0.2) is 4.68 Å². The number of hydrogen-bond donors (Lipinski definition) is 1. The smallest absolute Gasteiger partial charge is 0.260 e. The molecule has 0 saturated heterocycles. The number of carbonyl (C=O) groups is 1. The van der Waals surface area contributed by atoms with Crippen molar-refractivity contribution < 1.29 is 4.79 Å². The van der Waals surface area contributed by atoms with E-state index < -0.39 is 0 Å². The molecule has 0 bridgehead atoms. The van der Waals surface area contributed by atoms with E-state index in [1.54, 1.807) is 16.8 Å². The van der Waals surface area contributed by atoms with E-state index in [2.05, 4.69) is 20.6 Å². The predicted molar refractivity (Wildman–Crippen MR) is 90.6 cm³/mol. The van der Waals surface area contributed by atoms with Crippen molar-refractivity contribution in [1.82, 2.24) is 20.0 Å². The van der Waals surface area contributed by atoms with Crippen LogP contribution in [0.25, 0.3) is 5.69 Å². The summed E-state index contributed by atoms with van der Waals surface area (Å²) in [5, 5.41) is 17.0. The molecule has 0 saturated carbocycles. The highest BCUT2D eigenvalue weighted by atomic mass is 35.5. The minimum Gasteiger partial charge on any atom is -0.296 e. The third-order valence-corrected chi connectivity index (χ3v) is 4.52. The number of anilines is 1. The second-order valence-electron chi connectivity index (χ2n) is 4.84. The Hall–Kier alpha value is -2.25. The molecule has 0 fully saturated rings. The van der Waals surface area contributed by atoms with Gasteiger partial charge in [0.2, 0.25) is 5.13 Å². The van der Waals surface area contributed by atoms with Gasteiger partial charge in [0.15, 0.2) is 0 Å². The topological polar surface area (TPSA) is 72.7 Å². The SMILES string of the molecule is CCc1nnc(NC(=O)c2cnn(-c3cccc(Cl)c3)c2C)s1. The zero-order valence-corrected chi connectivity index (χ0v) is 14.1. The molecule has 0 aliphatic carbocycles. The molecule has 3 rings (SSSR count). The van der Waals surface area contributed by atoms with Crippen molar-refractivity contribution in [3.63, 3.8) is 0 Å². The molecule has 0 unspecified atom stereocenters. The Balaban J connectivity index is 1.85. The lowest BCUT2D eigenvalue weighted by Crippen LogP contribution is -2.13. The fourth-order valence-corrected chi connectivity index (χ4v) is 2.97. The molecule has 6 nitrogen and oxygen atoms in total. The first kappa shape index (κ1) is 15.6. The van der Waals surface area contributed by atoms with E-state index in [4.69, 9.17) is 11.6 Å². The molecule has 23 heavy (non-hydrogen) atoms. The Morgan fingerprint density at radius 3 is 2.91 bits per heavy atom. The maximum Gasteiger partial charge on any atom is 0.260 e. The number of rotatable bonds is 4. The summed E-state index contributed by atoms with van der Waals surface area (Å²) < 4.78 is 1.68. The first-order chi connectivity index (χ1) is 11.1. The number of aryl methyl sites for hydroxylation is 1. The Kier molecular flexibility index (Phi) is 4.40. The number of nitrogens with one attached hydrogen (secondary N) is 1. The summed E-state index contributed by atoms with van der Waals surface area (Å²) in [4.78, 5) is 12.4. The van der Waals surface area contributed by atoms with Crippen LogP contribution in [-0.2, 0) is 6.42 Å². The largest absolute Gasteiger partial charge is 0.296 e. The summed E-state index contributed by atoms with van der Waals surface area (Å²) in [7, 11) is 0. The third-order valence-electron chi connectivity index (χ3n) is 3.30. The summed E-state index contributed by atoms with van der Waals surface area (Å²) >= 11 is 7.37. The zero-order chi connectivity index (χ0) is 16.4. The van der Waals surface area contributed by atoms with Crippen molar-refractivity contribution in [3.8, 4) is 5.69 Å². The molecule has 0 atom stereocenters. The van der Waals surface area contributed by atoms with Crippen LogP contribution in [0.4, 0.5) is 5.13 Å². The predicted octanol–water partition coefficient (Wildman–Crippen LogP) is 3.50. The lowest BCUT2D eigenvalue weighted by atomic mass is 10.2. The Labute approximate surface area is 142 Å². The van der Waals surface area contributed by atoms with Gasteiger partial charge in [0.05, 0.1) is 23.1 Å². The number of halogens is 1. The molecule has 1 N–H and O–H groups in total. The van der Waals surface area contributed by atoms with Gasteiger partial charge in [-0.05, 0) is 31.5 Å². The lowest BCUT2D eigenvalue weighted by molar-refractivity contribution is 0.102. The summed E-state index contributed by atoms with van der Waals surface area (Å²) in [6.07, 6.45) is 2.33. The molecular formula is C15H14ClN5OS. The Morgan fingerprint density at radius 1 is 1.39 bits per heavy atom. The molecule has 2 aromatic heterocycles. The van der Waals surface area contributed by atoms with Gasteiger partial charge in [-0.15, -0.1) is 10.2 Å². The summed E-state index contributed by atoms with van der Waals surface area (Å²) in [6.45, 7) is 3.83. The van der Waals surface area contributed by atoms with Crippen LogP contribution in [0.2, 0.25) is 5.02 Å². The number of amides is 1. The van der Waals surface area contributed by atoms with Crippen LogP contribution in [0, 0.1) is 6.92 Å². The van der Waals surface area contributed by atoms with E-state index in [0.717, 1.165) is 22.8 Å². The van der Waals surface area contributed by atoms with Gasteiger partial charge < -0.3 is 0 Å². The van der Waals surface area contributed by atoms with Gasteiger partial charge in [0.25, 0.3) is 5.91 Å². The first-order valence-corrected chi connectivity index (χ1v) is 8.22. The second-order valence-corrected chi connectivity index (χ2v) is 6.34. The van der Waals surface area contributed by atoms with Crippen molar-refractivity contribution in [1.29, 1.82) is 0 Å². The molecule has 0 aliphatic rings. The van der Waals surface area contributed by atoms with Gasteiger partial charge in [0, 0.05) is 5.02 Å². The quantitative estimate of drug-likeness (QED) is 0.784. The Bertz CT molecular complexity index is 857. The maximum absolute atomic E-state index is 12.4. The van der Waals surface area contributed by atoms with Crippen LogP contribution in [0.1, 0.15) is 28.0 Å². The van der Waals surface area contributed by atoms with Crippen molar-refractivity contribution in [2.45, 2.75) is 20.3 Å². The zero-order valence-electron chi connectivity index (χ0n) is 12.6. The molecule has 0 radical (unpaired) electrons. The van der Waals surface area contributed by atoms with Crippen molar-refractivity contribution in [2.24, 2.45) is 0 Å². The van der Waals surface area contributed by atoms with Crippen LogP contribution in [0.5, 0.6) is 0 Å². The highest BCUT2D eigenvalue weighted by Crippen LogP contribution is 2.20. The van der Waals surface area contributed by atoms with Gasteiger partial charge in [-0.3, -0.25) is 10.1 Å². The average Bonchev–Trinajstić information content (AvgIpc) is 3.13. The minimum absolute atomic E-state index is 0.255. The van der Waals surface area contributed by atoms with Crippen LogP contribution in [-0.4, -0.2) is 25.9 Å². The number of carbonyl (C=O) groups excluding carboxylic acids is 1. The monoisotopic (exact) mass is 347 g/mol.